The summed E-state index contributed by atoms with van der Waals surface area (Å²) in [6, 6.07) is 0. The van der Waals surface area contributed by atoms with Crippen molar-refractivity contribution in [1.82, 2.24) is 0 Å². The molecule has 1 rings (SSSR count). The highest BCUT2D eigenvalue weighted by molar-refractivity contribution is 6.90. The zero-order valence-corrected chi connectivity index (χ0v) is 17.4. The van der Waals surface area contributed by atoms with Gasteiger partial charge in [-0.15, -0.1) is 12.0 Å². The molecule has 0 saturated carbocycles. The predicted molar refractivity (Wildman–Crippen MR) is 105 cm³/mol. The number of hydrogen-bond donors (Lipinski definition) is 0. The zero-order chi connectivity index (χ0) is 18.6. The lowest BCUT2D eigenvalue weighted by molar-refractivity contribution is 0.0955. The van der Waals surface area contributed by atoms with E-state index >= 15 is 0 Å². The Kier molecular flexibility index (Phi) is 6.71. The maximum absolute atomic E-state index is 5.75. The highest BCUT2D eigenvalue weighted by atomic mass is 28.3. The molecule has 0 bridgehead atoms. The van der Waals surface area contributed by atoms with Crippen molar-refractivity contribution in [3.05, 3.63) is 24.3 Å². The second kappa shape index (κ2) is 7.75. The number of rotatable bonds is 5. The van der Waals surface area contributed by atoms with Gasteiger partial charge in [-0.2, -0.15) is 0 Å². The molecule has 0 fully saturated rings. The first-order chi connectivity index (χ1) is 11.1. The van der Waals surface area contributed by atoms with Crippen LogP contribution in [0.1, 0.15) is 41.5 Å². The molecule has 0 spiro atoms. The minimum atomic E-state index is -1.81. The Morgan fingerprint density at radius 3 is 1.46 bits per heavy atom. The summed E-state index contributed by atoms with van der Waals surface area (Å²) in [6.07, 6.45) is 13.1. The molecule has 0 aromatic carbocycles. The van der Waals surface area contributed by atoms with Gasteiger partial charge in [0.05, 0.1) is 0 Å². The molecule has 0 radical (unpaired) electrons. The molecule has 0 atom stereocenters. The standard InChI is InChI=1S/C21H32O2Si/c1-10-20(22-8)11-13-21(23-9,14-12-20)15-16-24(17(2)3,18(4)5)19(6)7/h1,11-14,17-19H,2-9H3. The normalized spacial score (nSPS) is 26.6. The Labute approximate surface area is 149 Å². The summed E-state index contributed by atoms with van der Waals surface area (Å²) in [6.45, 7) is 13.8. The molecular weight excluding hydrogens is 312 g/mol. The lowest BCUT2D eigenvalue weighted by atomic mass is 9.90. The Morgan fingerprint density at radius 2 is 1.17 bits per heavy atom. The molecule has 3 heteroatoms. The average Bonchev–Trinajstić information content (AvgIpc) is 2.55. The smallest absolute Gasteiger partial charge is 0.165 e. The fourth-order valence-electron chi connectivity index (χ4n) is 3.81. The van der Waals surface area contributed by atoms with Crippen LogP contribution in [0.4, 0.5) is 0 Å². The topological polar surface area (TPSA) is 18.5 Å². The molecule has 24 heavy (non-hydrogen) atoms. The Hall–Kier alpha value is -1.26. The van der Waals surface area contributed by atoms with Crippen molar-refractivity contribution < 1.29 is 9.47 Å². The van der Waals surface area contributed by atoms with E-state index in [4.69, 9.17) is 15.9 Å². The maximum atomic E-state index is 5.75. The van der Waals surface area contributed by atoms with Crippen molar-refractivity contribution in [2.75, 3.05) is 14.2 Å². The van der Waals surface area contributed by atoms with Crippen LogP contribution in [0.15, 0.2) is 24.3 Å². The van der Waals surface area contributed by atoms with Crippen LogP contribution in [0, 0.1) is 23.8 Å². The first-order valence-corrected chi connectivity index (χ1v) is 10.9. The summed E-state index contributed by atoms with van der Waals surface area (Å²) in [4.78, 5) is 0. The summed E-state index contributed by atoms with van der Waals surface area (Å²) in [5, 5.41) is 0. The van der Waals surface area contributed by atoms with Crippen molar-refractivity contribution in [3.8, 4) is 23.8 Å². The molecule has 2 nitrogen and oxygen atoms in total. The maximum Gasteiger partial charge on any atom is 0.165 e. The molecular formula is C21H32O2Si. The second-order valence-electron chi connectivity index (χ2n) is 7.45. The minimum Gasteiger partial charge on any atom is -0.358 e. The largest absolute Gasteiger partial charge is 0.358 e. The molecule has 0 heterocycles. The third kappa shape index (κ3) is 3.70. The van der Waals surface area contributed by atoms with Crippen LogP contribution >= 0.6 is 0 Å². The molecule has 0 saturated heterocycles. The van der Waals surface area contributed by atoms with Gasteiger partial charge in [-0.3, -0.25) is 0 Å². The first-order valence-electron chi connectivity index (χ1n) is 8.66. The van der Waals surface area contributed by atoms with Gasteiger partial charge in [0.15, 0.2) is 11.2 Å². The van der Waals surface area contributed by atoms with E-state index in [9.17, 15) is 0 Å². The van der Waals surface area contributed by atoms with E-state index in [1.165, 1.54) is 0 Å². The quantitative estimate of drug-likeness (QED) is 0.407. The van der Waals surface area contributed by atoms with Gasteiger partial charge < -0.3 is 9.47 Å². The van der Waals surface area contributed by atoms with E-state index in [0.29, 0.717) is 16.6 Å². The summed E-state index contributed by atoms with van der Waals surface area (Å²) in [5.74, 6) is 6.11. The van der Waals surface area contributed by atoms with Crippen LogP contribution in [-0.2, 0) is 9.47 Å². The Balaban J connectivity index is 3.35. The number of terminal acetylenes is 1. The van der Waals surface area contributed by atoms with Crippen molar-refractivity contribution in [2.45, 2.75) is 69.4 Å². The van der Waals surface area contributed by atoms with Crippen LogP contribution in [0.5, 0.6) is 0 Å². The minimum absolute atomic E-state index is 0.583. The van der Waals surface area contributed by atoms with E-state index in [1.54, 1.807) is 14.2 Å². The van der Waals surface area contributed by atoms with Crippen molar-refractivity contribution >= 4 is 8.07 Å². The molecule has 0 aromatic rings. The fourth-order valence-corrected chi connectivity index (χ4v) is 9.08. The average molecular weight is 345 g/mol. The molecule has 0 unspecified atom stereocenters. The van der Waals surface area contributed by atoms with Crippen LogP contribution < -0.4 is 0 Å². The molecule has 0 aromatic heterocycles. The highest BCUT2D eigenvalue weighted by Gasteiger charge is 2.42. The SMILES string of the molecule is C#CC1(OC)C=CC(C#C[Si](C(C)C)(C(C)C)C(C)C)(OC)C=C1. The summed E-state index contributed by atoms with van der Waals surface area (Å²) >= 11 is 0. The molecule has 0 N–H and O–H groups in total. The van der Waals surface area contributed by atoms with Gasteiger partial charge in [-0.25, -0.2) is 0 Å². The number of ether oxygens (including phenoxy) is 2. The van der Waals surface area contributed by atoms with Crippen molar-refractivity contribution in [1.29, 1.82) is 0 Å². The van der Waals surface area contributed by atoms with Gasteiger partial charge >= 0.3 is 0 Å². The van der Waals surface area contributed by atoms with Gasteiger partial charge in [-0.05, 0) is 40.9 Å². The van der Waals surface area contributed by atoms with Gasteiger partial charge in [0.25, 0.3) is 0 Å². The summed E-state index contributed by atoms with van der Waals surface area (Å²) in [5.41, 5.74) is 3.95. The lowest BCUT2D eigenvalue weighted by Crippen LogP contribution is -2.44. The Morgan fingerprint density at radius 1 is 0.792 bits per heavy atom. The van der Waals surface area contributed by atoms with E-state index in [-0.39, 0.29) is 0 Å². The van der Waals surface area contributed by atoms with Gasteiger partial charge in [0.2, 0.25) is 0 Å². The van der Waals surface area contributed by atoms with Crippen molar-refractivity contribution in [3.63, 3.8) is 0 Å². The molecule has 132 valence electrons. The van der Waals surface area contributed by atoms with Crippen molar-refractivity contribution in [2.24, 2.45) is 0 Å². The van der Waals surface area contributed by atoms with Crippen LogP contribution in [-0.4, -0.2) is 33.5 Å². The van der Waals surface area contributed by atoms with Crippen LogP contribution in [0.2, 0.25) is 16.6 Å². The van der Waals surface area contributed by atoms with Crippen LogP contribution in [0.25, 0.3) is 0 Å². The zero-order valence-electron chi connectivity index (χ0n) is 16.4. The summed E-state index contributed by atoms with van der Waals surface area (Å²) < 4.78 is 11.2. The predicted octanol–water partition coefficient (Wildman–Crippen LogP) is 4.74. The lowest BCUT2D eigenvalue weighted by Gasteiger charge is -2.38. The number of methoxy groups -OCH3 is 2. The third-order valence-electron chi connectivity index (χ3n) is 5.40. The monoisotopic (exact) mass is 344 g/mol. The van der Waals surface area contributed by atoms with Crippen LogP contribution in [0.3, 0.4) is 0 Å². The third-order valence-corrected chi connectivity index (χ3v) is 11.7. The molecule has 1 aliphatic rings. The Bertz CT molecular complexity index is 558. The second-order valence-corrected chi connectivity index (χ2v) is 13.0. The first kappa shape index (κ1) is 20.8. The molecule has 1 aliphatic carbocycles. The van der Waals surface area contributed by atoms with E-state index < -0.39 is 19.3 Å². The van der Waals surface area contributed by atoms with Gasteiger partial charge in [-0.1, -0.05) is 53.4 Å². The molecule has 0 aliphatic heterocycles. The van der Waals surface area contributed by atoms with E-state index in [0.717, 1.165) is 0 Å². The molecule has 0 amide bonds. The highest BCUT2D eigenvalue weighted by Crippen LogP contribution is 2.41. The van der Waals surface area contributed by atoms with E-state index in [2.05, 4.69) is 58.9 Å². The summed E-state index contributed by atoms with van der Waals surface area (Å²) in [7, 11) is 1.48. The van der Waals surface area contributed by atoms with Gasteiger partial charge in [0, 0.05) is 14.2 Å². The fraction of sp³-hybridized carbons (Fsp3) is 0.619. The van der Waals surface area contributed by atoms with Gasteiger partial charge in [0.1, 0.15) is 8.07 Å². The number of hydrogen-bond acceptors (Lipinski definition) is 2. The van der Waals surface area contributed by atoms with E-state index in [1.807, 2.05) is 24.3 Å².